The van der Waals surface area contributed by atoms with Crippen LogP contribution in [0.2, 0.25) is 0 Å². The van der Waals surface area contributed by atoms with Gasteiger partial charge in [0.1, 0.15) is 31.0 Å². The Balaban J connectivity index is 1.89. The molecule has 0 radical (unpaired) electrons. The Morgan fingerprint density at radius 3 is 1.90 bits per heavy atom. The van der Waals surface area contributed by atoms with Crippen LogP contribution in [0, 0.1) is 0 Å². The molecule has 5 atom stereocenters. The van der Waals surface area contributed by atoms with Crippen molar-refractivity contribution in [2.45, 2.75) is 121 Å². The first-order valence-corrected chi connectivity index (χ1v) is 13.2. The molecule has 0 aromatic rings. The highest BCUT2D eigenvalue weighted by Gasteiger charge is 2.43. The van der Waals surface area contributed by atoms with Crippen LogP contribution in [-0.4, -0.2) is 75.2 Å². The summed E-state index contributed by atoms with van der Waals surface area (Å²) in [5, 5.41) is 38.3. The van der Waals surface area contributed by atoms with Gasteiger partial charge in [0, 0.05) is 5.75 Å². The lowest BCUT2D eigenvalue weighted by atomic mass is 9.99. The van der Waals surface area contributed by atoms with Crippen molar-refractivity contribution in [3.63, 3.8) is 0 Å². The van der Waals surface area contributed by atoms with Crippen LogP contribution in [0.25, 0.3) is 0 Å². The van der Waals surface area contributed by atoms with Crippen molar-refractivity contribution in [2.24, 2.45) is 0 Å². The average Bonchev–Trinajstić information content (AvgIpc) is 2.76. The van der Waals surface area contributed by atoms with Gasteiger partial charge in [0.15, 0.2) is 6.29 Å². The maximum absolute atomic E-state index is 11.8. The zero-order valence-electron chi connectivity index (χ0n) is 19.1. The van der Waals surface area contributed by atoms with E-state index in [2.05, 4.69) is 6.92 Å². The Morgan fingerprint density at radius 1 is 0.774 bits per heavy atom. The first-order valence-electron chi connectivity index (χ1n) is 12.1. The Bertz CT molecular complexity index is 452. The Labute approximate surface area is 191 Å². The second-order valence-corrected chi connectivity index (χ2v) is 9.70. The molecule has 1 heterocycles. The van der Waals surface area contributed by atoms with Gasteiger partial charge in [0.25, 0.3) is 0 Å². The van der Waals surface area contributed by atoms with E-state index in [9.17, 15) is 25.2 Å². The molecular formula is C23H44O7S. The lowest BCUT2D eigenvalue weighted by Crippen LogP contribution is -2.58. The number of carbonyl (C=O) groups excluding carboxylic acids is 1. The predicted molar refractivity (Wildman–Crippen MR) is 123 cm³/mol. The molecule has 0 aliphatic carbocycles. The van der Waals surface area contributed by atoms with Gasteiger partial charge in [-0.25, -0.2) is 0 Å². The second-order valence-electron chi connectivity index (χ2n) is 8.47. The van der Waals surface area contributed by atoms with Crippen LogP contribution in [0.3, 0.4) is 0 Å². The monoisotopic (exact) mass is 464 g/mol. The Hall–Kier alpha value is -0.380. The zero-order chi connectivity index (χ0) is 22.9. The summed E-state index contributed by atoms with van der Waals surface area (Å²) in [6, 6.07) is 0. The summed E-state index contributed by atoms with van der Waals surface area (Å²) in [6.45, 7) is 1.98. The average molecular weight is 465 g/mol. The summed E-state index contributed by atoms with van der Waals surface area (Å²) in [4.78, 5) is 11.8. The third-order valence-corrected chi connectivity index (χ3v) is 6.76. The molecule has 0 spiro atoms. The van der Waals surface area contributed by atoms with Gasteiger partial charge in [-0.15, -0.1) is 0 Å². The van der Waals surface area contributed by atoms with Gasteiger partial charge >= 0.3 is 5.97 Å². The van der Waals surface area contributed by atoms with Crippen molar-refractivity contribution in [1.82, 2.24) is 0 Å². The van der Waals surface area contributed by atoms with Crippen molar-refractivity contribution >= 4 is 17.7 Å². The SMILES string of the molecule is CCCCCCCCCCCCCCSCCC(=O)OC[C@H]1OC(O)[C@@H](O)[C@@H](O)[C@@H]1O. The maximum atomic E-state index is 11.8. The summed E-state index contributed by atoms with van der Waals surface area (Å²) in [7, 11) is 0. The minimum atomic E-state index is -1.62. The highest BCUT2D eigenvalue weighted by molar-refractivity contribution is 7.99. The van der Waals surface area contributed by atoms with Crippen LogP contribution in [0.1, 0.15) is 90.4 Å². The van der Waals surface area contributed by atoms with Crippen LogP contribution in [-0.2, 0) is 14.3 Å². The minimum Gasteiger partial charge on any atom is -0.463 e. The molecule has 0 amide bonds. The summed E-state index contributed by atoms with van der Waals surface area (Å²) >= 11 is 1.73. The lowest BCUT2D eigenvalue weighted by molar-refractivity contribution is -0.287. The normalized spacial score (nSPS) is 26.2. The predicted octanol–water partition coefficient (Wildman–Crippen LogP) is 3.15. The number of aliphatic hydroxyl groups excluding tert-OH is 4. The van der Waals surface area contributed by atoms with Crippen LogP contribution < -0.4 is 0 Å². The highest BCUT2D eigenvalue weighted by atomic mass is 32.2. The Morgan fingerprint density at radius 2 is 1.32 bits per heavy atom. The van der Waals surface area contributed by atoms with E-state index in [-0.39, 0.29) is 13.0 Å². The number of thioether (sulfide) groups is 1. The van der Waals surface area contributed by atoms with E-state index >= 15 is 0 Å². The summed E-state index contributed by atoms with van der Waals surface area (Å²) in [5.74, 6) is 1.30. The Kier molecular flexibility index (Phi) is 16.7. The molecule has 1 aliphatic rings. The van der Waals surface area contributed by atoms with Gasteiger partial charge < -0.3 is 29.9 Å². The largest absolute Gasteiger partial charge is 0.463 e. The van der Waals surface area contributed by atoms with E-state index < -0.39 is 36.7 Å². The molecule has 4 N–H and O–H groups in total. The molecule has 1 aliphatic heterocycles. The summed E-state index contributed by atoms with van der Waals surface area (Å²) < 4.78 is 10.0. The first kappa shape index (κ1) is 28.7. The topological polar surface area (TPSA) is 116 Å². The molecule has 0 bridgehead atoms. The molecule has 1 saturated heterocycles. The van der Waals surface area contributed by atoms with Crippen molar-refractivity contribution in [3.05, 3.63) is 0 Å². The summed E-state index contributed by atoms with van der Waals surface area (Å²) in [5.41, 5.74) is 0. The standard InChI is InChI=1S/C23H44O7S/c1-2-3-4-5-6-7-8-9-10-11-12-13-15-31-16-14-19(24)29-17-18-20(25)21(26)22(27)23(28)30-18/h18,20-23,25-28H,2-17H2,1H3/t18-,20-,21+,22+,23?/m1/s1. The lowest BCUT2D eigenvalue weighted by Gasteiger charge is -2.37. The molecule has 1 rings (SSSR count). The van der Waals surface area contributed by atoms with Crippen molar-refractivity contribution in [3.8, 4) is 0 Å². The number of esters is 1. The minimum absolute atomic E-state index is 0.263. The van der Waals surface area contributed by atoms with E-state index in [1.54, 1.807) is 11.8 Å². The molecule has 31 heavy (non-hydrogen) atoms. The number of hydrogen-bond donors (Lipinski definition) is 4. The third kappa shape index (κ3) is 13.0. The molecular weight excluding hydrogens is 420 g/mol. The van der Waals surface area contributed by atoms with E-state index in [0.29, 0.717) is 5.75 Å². The molecule has 0 saturated carbocycles. The molecule has 7 nitrogen and oxygen atoms in total. The van der Waals surface area contributed by atoms with Gasteiger partial charge in [0.05, 0.1) is 6.42 Å². The molecule has 0 aromatic carbocycles. The number of carbonyl (C=O) groups is 1. The molecule has 8 heteroatoms. The van der Waals surface area contributed by atoms with Crippen LogP contribution in [0.15, 0.2) is 0 Å². The summed E-state index contributed by atoms with van der Waals surface area (Å²) in [6.07, 6.45) is 8.99. The van der Waals surface area contributed by atoms with Crippen molar-refractivity contribution in [1.29, 1.82) is 0 Å². The number of rotatable bonds is 18. The number of aliphatic hydroxyl groups is 4. The van der Waals surface area contributed by atoms with Gasteiger partial charge in [-0.2, -0.15) is 11.8 Å². The van der Waals surface area contributed by atoms with Crippen LogP contribution >= 0.6 is 11.8 Å². The number of unbranched alkanes of at least 4 members (excludes halogenated alkanes) is 11. The zero-order valence-corrected chi connectivity index (χ0v) is 19.9. The van der Waals surface area contributed by atoms with Crippen LogP contribution in [0.4, 0.5) is 0 Å². The van der Waals surface area contributed by atoms with Crippen molar-refractivity contribution < 1.29 is 34.7 Å². The highest BCUT2D eigenvalue weighted by Crippen LogP contribution is 2.20. The molecule has 0 aromatic heterocycles. The molecule has 184 valence electrons. The first-order chi connectivity index (χ1) is 15.0. The van der Waals surface area contributed by atoms with Crippen LogP contribution in [0.5, 0.6) is 0 Å². The number of ether oxygens (including phenoxy) is 2. The molecule has 1 fully saturated rings. The quantitative estimate of drug-likeness (QED) is 0.181. The number of hydrogen-bond acceptors (Lipinski definition) is 8. The smallest absolute Gasteiger partial charge is 0.306 e. The van der Waals surface area contributed by atoms with E-state index in [0.717, 1.165) is 12.2 Å². The third-order valence-electron chi connectivity index (χ3n) is 5.69. The van der Waals surface area contributed by atoms with E-state index in [1.807, 2.05) is 0 Å². The van der Waals surface area contributed by atoms with Gasteiger partial charge in [0.2, 0.25) is 0 Å². The fourth-order valence-corrected chi connectivity index (χ4v) is 4.54. The fraction of sp³-hybridized carbons (Fsp3) is 0.957. The van der Waals surface area contributed by atoms with Gasteiger partial charge in [-0.3, -0.25) is 4.79 Å². The van der Waals surface area contributed by atoms with Gasteiger partial charge in [-0.1, -0.05) is 77.6 Å². The van der Waals surface area contributed by atoms with Crippen molar-refractivity contribution in [2.75, 3.05) is 18.1 Å². The van der Waals surface area contributed by atoms with E-state index in [4.69, 9.17) is 9.47 Å². The van der Waals surface area contributed by atoms with E-state index in [1.165, 1.54) is 70.6 Å². The maximum Gasteiger partial charge on any atom is 0.306 e. The molecule has 1 unspecified atom stereocenters. The second kappa shape index (κ2) is 18.1. The fourth-order valence-electron chi connectivity index (χ4n) is 3.62. The van der Waals surface area contributed by atoms with Gasteiger partial charge in [-0.05, 0) is 12.2 Å².